The molecule has 0 bridgehead atoms. The van der Waals surface area contributed by atoms with E-state index in [2.05, 4.69) is 34.1 Å². The molecule has 3 rings (SSSR count). The van der Waals surface area contributed by atoms with Gasteiger partial charge in [0.15, 0.2) is 0 Å². The van der Waals surface area contributed by atoms with Gasteiger partial charge in [0.2, 0.25) is 5.91 Å². The molecule has 1 aliphatic rings. The molecule has 2 aromatic rings. The molecule has 0 saturated heterocycles. The van der Waals surface area contributed by atoms with Gasteiger partial charge >= 0.3 is 0 Å². The molecular formula is C20H25N3O. The highest BCUT2D eigenvalue weighted by Gasteiger charge is 2.46. The number of pyridine rings is 1. The van der Waals surface area contributed by atoms with Crippen molar-refractivity contribution in [2.45, 2.75) is 24.8 Å². The van der Waals surface area contributed by atoms with Crippen LogP contribution in [0.5, 0.6) is 0 Å². The van der Waals surface area contributed by atoms with Crippen LogP contribution in [-0.4, -0.2) is 53.9 Å². The second-order valence-corrected chi connectivity index (χ2v) is 6.85. The Hall–Kier alpha value is -2.20. The SMILES string of the molecule is CN(CCc1ccccn1)C(=O)C1(N(C)C)Cc2ccccc2C1. The molecule has 1 aromatic heterocycles. The van der Waals surface area contributed by atoms with Crippen LogP contribution in [0.25, 0.3) is 0 Å². The molecule has 1 aromatic carbocycles. The Balaban J connectivity index is 1.74. The first-order valence-corrected chi connectivity index (χ1v) is 8.42. The van der Waals surface area contributed by atoms with Crippen molar-refractivity contribution < 1.29 is 4.79 Å². The largest absolute Gasteiger partial charge is 0.344 e. The van der Waals surface area contributed by atoms with Crippen molar-refractivity contribution in [1.82, 2.24) is 14.8 Å². The van der Waals surface area contributed by atoms with Crippen LogP contribution in [0.15, 0.2) is 48.7 Å². The monoisotopic (exact) mass is 323 g/mol. The number of hydrogen-bond acceptors (Lipinski definition) is 3. The lowest BCUT2D eigenvalue weighted by atomic mass is 9.92. The fourth-order valence-electron chi connectivity index (χ4n) is 3.54. The van der Waals surface area contributed by atoms with E-state index in [1.807, 2.05) is 44.2 Å². The summed E-state index contributed by atoms with van der Waals surface area (Å²) < 4.78 is 0. The van der Waals surface area contributed by atoms with Crippen molar-refractivity contribution >= 4 is 5.91 Å². The predicted octanol–water partition coefficient (Wildman–Crippen LogP) is 2.18. The van der Waals surface area contributed by atoms with E-state index in [0.717, 1.165) is 25.0 Å². The number of fused-ring (bicyclic) bond motifs is 1. The Morgan fingerprint density at radius 1 is 1.04 bits per heavy atom. The Bertz CT molecular complexity index is 687. The molecule has 0 saturated carbocycles. The number of rotatable bonds is 5. The van der Waals surface area contributed by atoms with E-state index < -0.39 is 5.54 Å². The van der Waals surface area contributed by atoms with Gasteiger partial charge in [-0.15, -0.1) is 0 Å². The lowest BCUT2D eigenvalue weighted by molar-refractivity contribution is -0.141. The second kappa shape index (κ2) is 6.73. The zero-order chi connectivity index (χ0) is 17.2. The first-order chi connectivity index (χ1) is 11.5. The minimum atomic E-state index is -0.470. The third kappa shape index (κ3) is 3.06. The zero-order valence-electron chi connectivity index (χ0n) is 14.7. The standard InChI is InChI=1S/C20H25N3O/c1-22(2)20(14-16-8-4-5-9-17(16)15-20)19(24)23(3)13-11-18-10-6-7-12-21-18/h4-10,12H,11,13-15H2,1-3H3. The molecule has 0 spiro atoms. The fraction of sp³-hybridized carbons (Fsp3) is 0.400. The lowest BCUT2D eigenvalue weighted by Crippen LogP contribution is -2.57. The summed E-state index contributed by atoms with van der Waals surface area (Å²) in [6.07, 6.45) is 4.14. The molecule has 1 heterocycles. The maximum atomic E-state index is 13.3. The van der Waals surface area contributed by atoms with Crippen molar-refractivity contribution in [2.24, 2.45) is 0 Å². The number of likely N-dealkylation sites (N-methyl/N-ethyl adjacent to an activating group) is 2. The van der Waals surface area contributed by atoms with Gasteiger partial charge in [0, 0.05) is 44.7 Å². The molecule has 0 atom stereocenters. The summed E-state index contributed by atoms with van der Waals surface area (Å²) in [5.74, 6) is 0.194. The summed E-state index contributed by atoms with van der Waals surface area (Å²) in [5.41, 5.74) is 3.13. The van der Waals surface area contributed by atoms with Gasteiger partial charge in [0.05, 0.1) is 0 Å². The van der Waals surface area contributed by atoms with Gasteiger partial charge in [-0.25, -0.2) is 0 Å². The van der Waals surface area contributed by atoms with Gasteiger partial charge in [-0.3, -0.25) is 14.7 Å². The van der Waals surface area contributed by atoms with Crippen LogP contribution >= 0.6 is 0 Å². The molecule has 1 amide bonds. The second-order valence-electron chi connectivity index (χ2n) is 6.85. The van der Waals surface area contributed by atoms with Crippen LogP contribution in [0.2, 0.25) is 0 Å². The quantitative estimate of drug-likeness (QED) is 0.846. The van der Waals surface area contributed by atoms with Crippen molar-refractivity contribution in [2.75, 3.05) is 27.7 Å². The molecule has 24 heavy (non-hydrogen) atoms. The van der Waals surface area contributed by atoms with Crippen LogP contribution in [0.3, 0.4) is 0 Å². The van der Waals surface area contributed by atoms with E-state index in [1.54, 1.807) is 6.20 Å². The Kier molecular flexibility index (Phi) is 4.67. The molecule has 126 valence electrons. The smallest absolute Gasteiger partial charge is 0.243 e. The van der Waals surface area contributed by atoms with E-state index in [9.17, 15) is 4.79 Å². The normalized spacial score (nSPS) is 15.3. The minimum absolute atomic E-state index is 0.194. The van der Waals surface area contributed by atoms with Crippen molar-refractivity contribution in [1.29, 1.82) is 0 Å². The van der Waals surface area contributed by atoms with Crippen molar-refractivity contribution in [3.05, 3.63) is 65.5 Å². The van der Waals surface area contributed by atoms with Crippen LogP contribution in [0.4, 0.5) is 0 Å². The number of carbonyl (C=O) groups excluding carboxylic acids is 1. The Morgan fingerprint density at radius 3 is 2.21 bits per heavy atom. The minimum Gasteiger partial charge on any atom is -0.344 e. The van der Waals surface area contributed by atoms with Gasteiger partial charge in [0.25, 0.3) is 0 Å². The highest BCUT2D eigenvalue weighted by molar-refractivity contribution is 5.88. The number of amides is 1. The molecule has 4 heteroatoms. The third-order valence-corrected chi connectivity index (χ3v) is 5.11. The van der Waals surface area contributed by atoms with E-state index in [-0.39, 0.29) is 5.91 Å². The van der Waals surface area contributed by atoms with Crippen LogP contribution in [0, 0.1) is 0 Å². The summed E-state index contributed by atoms with van der Waals surface area (Å²) in [5, 5.41) is 0. The summed E-state index contributed by atoms with van der Waals surface area (Å²) in [7, 11) is 5.92. The summed E-state index contributed by atoms with van der Waals surface area (Å²) in [4.78, 5) is 21.6. The van der Waals surface area contributed by atoms with E-state index in [0.29, 0.717) is 6.54 Å². The van der Waals surface area contributed by atoms with Crippen LogP contribution in [0.1, 0.15) is 16.8 Å². The molecule has 0 unspecified atom stereocenters. The third-order valence-electron chi connectivity index (χ3n) is 5.11. The molecule has 0 radical (unpaired) electrons. The summed E-state index contributed by atoms with van der Waals surface area (Å²) >= 11 is 0. The fourth-order valence-corrected chi connectivity index (χ4v) is 3.54. The topological polar surface area (TPSA) is 36.4 Å². The highest BCUT2D eigenvalue weighted by atomic mass is 16.2. The summed E-state index contributed by atoms with van der Waals surface area (Å²) in [6, 6.07) is 14.3. The van der Waals surface area contributed by atoms with Gasteiger partial charge < -0.3 is 4.90 Å². The number of aromatic nitrogens is 1. The zero-order valence-corrected chi connectivity index (χ0v) is 14.7. The van der Waals surface area contributed by atoms with Crippen molar-refractivity contribution in [3.63, 3.8) is 0 Å². The molecule has 4 nitrogen and oxygen atoms in total. The Morgan fingerprint density at radius 2 is 1.67 bits per heavy atom. The number of carbonyl (C=O) groups is 1. The summed E-state index contributed by atoms with van der Waals surface area (Å²) in [6.45, 7) is 0.682. The van der Waals surface area contributed by atoms with E-state index in [4.69, 9.17) is 0 Å². The van der Waals surface area contributed by atoms with Gasteiger partial charge in [-0.1, -0.05) is 30.3 Å². The van der Waals surface area contributed by atoms with Gasteiger partial charge in [-0.2, -0.15) is 0 Å². The lowest BCUT2D eigenvalue weighted by Gasteiger charge is -2.38. The van der Waals surface area contributed by atoms with E-state index in [1.165, 1.54) is 11.1 Å². The van der Waals surface area contributed by atoms with Gasteiger partial charge in [0.1, 0.15) is 5.54 Å². The maximum absolute atomic E-state index is 13.3. The molecular weight excluding hydrogens is 298 g/mol. The first kappa shape index (κ1) is 16.7. The van der Waals surface area contributed by atoms with Crippen LogP contribution in [-0.2, 0) is 24.1 Å². The molecule has 1 aliphatic carbocycles. The maximum Gasteiger partial charge on any atom is 0.243 e. The first-order valence-electron chi connectivity index (χ1n) is 8.42. The number of benzene rings is 1. The molecule has 0 fully saturated rings. The average molecular weight is 323 g/mol. The van der Waals surface area contributed by atoms with Gasteiger partial charge in [-0.05, 0) is 37.4 Å². The van der Waals surface area contributed by atoms with Crippen molar-refractivity contribution in [3.8, 4) is 0 Å². The van der Waals surface area contributed by atoms with E-state index >= 15 is 0 Å². The van der Waals surface area contributed by atoms with Crippen LogP contribution < -0.4 is 0 Å². The Labute approximate surface area is 144 Å². The number of hydrogen-bond donors (Lipinski definition) is 0. The predicted molar refractivity (Wildman–Crippen MR) is 95.8 cm³/mol. The highest BCUT2D eigenvalue weighted by Crippen LogP contribution is 2.34. The molecule has 0 N–H and O–H groups in total. The average Bonchev–Trinajstić information content (AvgIpc) is 3.01. The molecule has 0 aliphatic heterocycles. The number of nitrogens with zero attached hydrogens (tertiary/aromatic N) is 3.